The molecule has 0 fully saturated rings. The van der Waals surface area contributed by atoms with E-state index in [1.54, 1.807) is 6.07 Å². The van der Waals surface area contributed by atoms with Crippen molar-refractivity contribution < 1.29 is 4.42 Å². The van der Waals surface area contributed by atoms with Gasteiger partial charge in [0.2, 0.25) is 0 Å². The van der Waals surface area contributed by atoms with Crippen molar-refractivity contribution in [2.75, 3.05) is 7.05 Å². The van der Waals surface area contributed by atoms with Crippen LogP contribution in [0, 0.1) is 13.8 Å². The summed E-state index contributed by atoms with van der Waals surface area (Å²) < 4.78 is 5.39. The van der Waals surface area contributed by atoms with E-state index in [1.165, 1.54) is 11.1 Å². The van der Waals surface area contributed by atoms with Crippen molar-refractivity contribution in [1.29, 1.82) is 0 Å². The summed E-state index contributed by atoms with van der Waals surface area (Å²) in [6, 6.07) is 13.7. The Hall–Kier alpha value is -2.10. The zero-order valence-electron chi connectivity index (χ0n) is 15.0. The van der Waals surface area contributed by atoms with E-state index in [-0.39, 0.29) is 11.7 Å². The minimum atomic E-state index is -0.307. The molecular weight excluding hydrogens is 334 g/mol. The molecule has 3 rings (SSSR count). The molecule has 1 atom stereocenters. The van der Waals surface area contributed by atoms with E-state index in [2.05, 4.69) is 31.9 Å². The second kappa shape index (κ2) is 7.03. The van der Waals surface area contributed by atoms with Crippen molar-refractivity contribution in [2.45, 2.75) is 33.4 Å². The molecule has 1 unspecified atom stereocenters. The lowest BCUT2D eigenvalue weighted by Gasteiger charge is -2.25. The number of aryl methyl sites for hydroxylation is 2. The van der Waals surface area contributed by atoms with Crippen molar-refractivity contribution in [3.05, 3.63) is 80.2 Å². The van der Waals surface area contributed by atoms with Crippen LogP contribution in [-0.2, 0) is 6.54 Å². The summed E-state index contributed by atoms with van der Waals surface area (Å²) in [7, 11) is 2.06. The lowest BCUT2D eigenvalue weighted by atomic mass is 10.0. The zero-order chi connectivity index (χ0) is 18.1. The highest BCUT2D eigenvalue weighted by molar-refractivity contribution is 6.30. The maximum absolute atomic E-state index is 12.0. The van der Waals surface area contributed by atoms with Gasteiger partial charge in [0.15, 0.2) is 0 Å². The standard InChI is InChI=1S/C21H22ClNO2/c1-13-9-19-17(11-21(24)25-20(19)10-14(13)2)12-23(4)15(3)16-5-7-18(22)8-6-16/h5-11,15H,12H2,1-4H3. The number of hydrogen-bond acceptors (Lipinski definition) is 3. The van der Waals surface area contributed by atoms with Crippen LogP contribution in [0.15, 0.2) is 51.7 Å². The number of fused-ring (bicyclic) bond motifs is 1. The quantitative estimate of drug-likeness (QED) is 0.599. The summed E-state index contributed by atoms with van der Waals surface area (Å²) in [5, 5.41) is 1.73. The van der Waals surface area contributed by atoms with Gasteiger partial charge < -0.3 is 4.42 Å². The Bertz CT molecular complexity index is 960. The Kier molecular flexibility index (Phi) is 4.98. The van der Waals surface area contributed by atoms with E-state index in [4.69, 9.17) is 16.0 Å². The highest BCUT2D eigenvalue weighted by atomic mass is 35.5. The molecule has 0 aliphatic rings. The maximum atomic E-state index is 12.0. The van der Waals surface area contributed by atoms with E-state index in [1.807, 2.05) is 37.3 Å². The second-order valence-electron chi connectivity index (χ2n) is 6.67. The fourth-order valence-electron chi connectivity index (χ4n) is 3.02. The number of rotatable bonds is 4. The van der Waals surface area contributed by atoms with Gasteiger partial charge in [-0.05, 0) is 74.3 Å². The Morgan fingerprint density at radius 1 is 1.08 bits per heavy atom. The molecule has 0 saturated carbocycles. The van der Waals surface area contributed by atoms with Crippen LogP contribution in [0.2, 0.25) is 5.02 Å². The molecule has 0 amide bonds. The van der Waals surface area contributed by atoms with E-state index >= 15 is 0 Å². The number of hydrogen-bond donors (Lipinski definition) is 0. The summed E-state index contributed by atoms with van der Waals surface area (Å²) in [6.45, 7) is 6.90. The average Bonchev–Trinajstić information content (AvgIpc) is 2.56. The molecule has 0 aliphatic carbocycles. The summed E-state index contributed by atoms with van der Waals surface area (Å²) in [5.74, 6) is 0. The van der Waals surface area contributed by atoms with Gasteiger partial charge in [-0.3, -0.25) is 4.90 Å². The topological polar surface area (TPSA) is 33.5 Å². The lowest BCUT2D eigenvalue weighted by Crippen LogP contribution is -2.22. The Morgan fingerprint density at radius 3 is 2.40 bits per heavy atom. The third kappa shape index (κ3) is 3.78. The molecule has 0 aliphatic heterocycles. The van der Waals surface area contributed by atoms with Crippen molar-refractivity contribution in [1.82, 2.24) is 4.90 Å². The van der Waals surface area contributed by atoms with Crippen LogP contribution < -0.4 is 5.63 Å². The minimum Gasteiger partial charge on any atom is -0.423 e. The van der Waals surface area contributed by atoms with Crippen LogP contribution in [0.3, 0.4) is 0 Å². The number of benzene rings is 2. The van der Waals surface area contributed by atoms with Gasteiger partial charge in [0, 0.05) is 29.1 Å². The molecule has 0 radical (unpaired) electrons. The molecule has 3 nitrogen and oxygen atoms in total. The van der Waals surface area contributed by atoms with Crippen LogP contribution in [0.5, 0.6) is 0 Å². The molecule has 3 aromatic rings. The molecular formula is C21H22ClNO2. The first kappa shape index (κ1) is 17.7. The molecule has 2 aromatic carbocycles. The van der Waals surface area contributed by atoms with Crippen molar-refractivity contribution >= 4 is 22.6 Å². The van der Waals surface area contributed by atoms with Crippen LogP contribution in [0.4, 0.5) is 0 Å². The molecule has 0 saturated heterocycles. The van der Waals surface area contributed by atoms with Gasteiger partial charge >= 0.3 is 5.63 Å². The fraction of sp³-hybridized carbons (Fsp3) is 0.286. The third-order valence-corrected chi connectivity index (χ3v) is 5.13. The smallest absolute Gasteiger partial charge is 0.336 e. The Morgan fingerprint density at radius 2 is 1.72 bits per heavy atom. The van der Waals surface area contributed by atoms with E-state index in [9.17, 15) is 4.79 Å². The van der Waals surface area contributed by atoms with Gasteiger partial charge in [-0.1, -0.05) is 23.7 Å². The second-order valence-corrected chi connectivity index (χ2v) is 7.10. The van der Waals surface area contributed by atoms with E-state index in [0.29, 0.717) is 12.1 Å². The van der Waals surface area contributed by atoms with Crippen molar-refractivity contribution in [2.24, 2.45) is 0 Å². The van der Waals surface area contributed by atoms with Gasteiger partial charge in [-0.25, -0.2) is 4.79 Å². The highest BCUT2D eigenvalue weighted by Crippen LogP contribution is 2.26. The van der Waals surface area contributed by atoms with E-state index < -0.39 is 0 Å². The first-order valence-corrected chi connectivity index (χ1v) is 8.72. The van der Waals surface area contributed by atoms with Gasteiger partial charge in [-0.2, -0.15) is 0 Å². The van der Waals surface area contributed by atoms with E-state index in [0.717, 1.165) is 21.5 Å². The number of halogens is 1. The summed E-state index contributed by atoms with van der Waals surface area (Å²) in [6.07, 6.45) is 0. The summed E-state index contributed by atoms with van der Waals surface area (Å²) >= 11 is 5.98. The highest BCUT2D eigenvalue weighted by Gasteiger charge is 2.15. The largest absolute Gasteiger partial charge is 0.423 e. The minimum absolute atomic E-state index is 0.200. The predicted octanol–water partition coefficient (Wildman–Crippen LogP) is 5.26. The van der Waals surface area contributed by atoms with Crippen LogP contribution in [0.25, 0.3) is 11.0 Å². The fourth-order valence-corrected chi connectivity index (χ4v) is 3.14. The third-order valence-electron chi connectivity index (χ3n) is 4.88. The summed E-state index contributed by atoms with van der Waals surface area (Å²) in [4.78, 5) is 14.2. The molecule has 0 spiro atoms. The molecule has 130 valence electrons. The maximum Gasteiger partial charge on any atom is 0.336 e. The van der Waals surface area contributed by atoms with Gasteiger partial charge in [-0.15, -0.1) is 0 Å². The molecule has 1 heterocycles. The molecule has 25 heavy (non-hydrogen) atoms. The summed E-state index contributed by atoms with van der Waals surface area (Å²) in [5.41, 5.74) is 4.83. The molecule has 0 bridgehead atoms. The SMILES string of the molecule is Cc1cc2oc(=O)cc(CN(C)C(C)c3ccc(Cl)cc3)c2cc1C. The normalized spacial score (nSPS) is 12.7. The lowest BCUT2D eigenvalue weighted by molar-refractivity contribution is 0.253. The van der Waals surface area contributed by atoms with Crippen LogP contribution in [-0.4, -0.2) is 11.9 Å². The van der Waals surface area contributed by atoms with Gasteiger partial charge in [0.1, 0.15) is 5.58 Å². The molecule has 0 N–H and O–H groups in total. The van der Waals surface area contributed by atoms with Crippen LogP contribution >= 0.6 is 11.6 Å². The van der Waals surface area contributed by atoms with Crippen molar-refractivity contribution in [3.8, 4) is 0 Å². The van der Waals surface area contributed by atoms with Crippen LogP contribution in [0.1, 0.15) is 35.2 Å². The predicted molar refractivity (Wildman–Crippen MR) is 103 cm³/mol. The Labute approximate surface area is 152 Å². The Balaban J connectivity index is 1.95. The molecule has 1 aromatic heterocycles. The molecule has 4 heteroatoms. The first-order chi connectivity index (χ1) is 11.8. The first-order valence-electron chi connectivity index (χ1n) is 8.35. The zero-order valence-corrected chi connectivity index (χ0v) is 15.7. The van der Waals surface area contributed by atoms with Gasteiger partial charge in [0.25, 0.3) is 0 Å². The monoisotopic (exact) mass is 355 g/mol. The van der Waals surface area contributed by atoms with Gasteiger partial charge in [0.05, 0.1) is 0 Å². The van der Waals surface area contributed by atoms with Crippen molar-refractivity contribution in [3.63, 3.8) is 0 Å². The number of nitrogens with zero attached hydrogens (tertiary/aromatic N) is 1. The average molecular weight is 356 g/mol.